The summed E-state index contributed by atoms with van der Waals surface area (Å²) >= 11 is 0. The van der Waals surface area contributed by atoms with Crippen LogP contribution in [-0.4, -0.2) is 18.3 Å². The second kappa shape index (κ2) is 4.87. The van der Waals surface area contributed by atoms with Gasteiger partial charge in [-0.25, -0.2) is 0 Å². The number of aliphatic hydroxyl groups is 1. The molecule has 0 spiro atoms. The van der Waals surface area contributed by atoms with Crippen LogP contribution >= 0.6 is 0 Å². The van der Waals surface area contributed by atoms with Crippen molar-refractivity contribution < 1.29 is 9.84 Å². The lowest BCUT2D eigenvalue weighted by atomic mass is 10.0. The Morgan fingerprint density at radius 1 is 1.46 bits per heavy atom. The number of benzene rings is 1. The zero-order valence-electron chi connectivity index (χ0n) is 8.08. The van der Waals surface area contributed by atoms with E-state index in [1.54, 1.807) is 0 Å². The van der Waals surface area contributed by atoms with Crippen molar-refractivity contribution >= 4 is 0 Å². The number of rotatable bonds is 4. The van der Waals surface area contributed by atoms with E-state index >= 15 is 0 Å². The normalized spacial score (nSPS) is 10.5. The molecule has 0 fully saturated rings. The van der Waals surface area contributed by atoms with Crippen molar-refractivity contribution in [3.8, 4) is 5.75 Å². The molecule has 2 nitrogen and oxygen atoms in total. The molecule has 0 heterocycles. The lowest BCUT2D eigenvalue weighted by molar-refractivity contribution is 0.314. The molecular formula is C11H15O2. The van der Waals surface area contributed by atoms with Crippen LogP contribution in [0.3, 0.4) is 0 Å². The van der Waals surface area contributed by atoms with Crippen molar-refractivity contribution in [3.05, 3.63) is 35.7 Å². The van der Waals surface area contributed by atoms with Crippen molar-refractivity contribution in [1.82, 2.24) is 0 Å². The molecule has 0 aliphatic rings. The summed E-state index contributed by atoms with van der Waals surface area (Å²) in [6, 6.07) is 7.75. The number of aliphatic hydroxyl groups excluding tert-OH is 1. The van der Waals surface area contributed by atoms with Crippen LogP contribution in [0.2, 0.25) is 0 Å². The topological polar surface area (TPSA) is 29.5 Å². The van der Waals surface area contributed by atoms with Crippen LogP contribution in [0.1, 0.15) is 19.4 Å². The lowest BCUT2D eigenvalue weighted by Crippen LogP contribution is -2.00. The SMILES string of the molecule is CCOc1cccc([C](C)CO)c1. The van der Waals surface area contributed by atoms with Gasteiger partial charge in [-0.05, 0) is 24.6 Å². The lowest BCUT2D eigenvalue weighted by Gasteiger charge is -2.09. The molecule has 0 bridgehead atoms. The molecule has 0 amide bonds. The molecule has 2 heteroatoms. The van der Waals surface area contributed by atoms with Crippen LogP contribution in [0.25, 0.3) is 0 Å². The van der Waals surface area contributed by atoms with Crippen LogP contribution in [0.4, 0.5) is 0 Å². The minimum atomic E-state index is 0.0928. The molecule has 13 heavy (non-hydrogen) atoms. The molecule has 1 radical (unpaired) electrons. The van der Waals surface area contributed by atoms with Crippen LogP contribution in [0, 0.1) is 5.92 Å². The van der Waals surface area contributed by atoms with Gasteiger partial charge in [0.2, 0.25) is 0 Å². The molecule has 0 saturated carbocycles. The molecule has 71 valence electrons. The summed E-state index contributed by atoms with van der Waals surface area (Å²) in [5, 5.41) is 8.93. The Morgan fingerprint density at radius 3 is 2.85 bits per heavy atom. The van der Waals surface area contributed by atoms with E-state index in [9.17, 15) is 0 Å². The van der Waals surface area contributed by atoms with Gasteiger partial charge in [-0.3, -0.25) is 0 Å². The Kier molecular flexibility index (Phi) is 3.77. The highest BCUT2D eigenvalue weighted by atomic mass is 16.5. The maximum absolute atomic E-state index is 8.93. The average molecular weight is 179 g/mol. The van der Waals surface area contributed by atoms with Gasteiger partial charge in [-0.1, -0.05) is 19.1 Å². The summed E-state index contributed by atoms with van der Waals surface area (Å²) in [6.07, 6.45) is 0. The van der Waals surface area contributed by atoms with E-state index in [1.165, 1.54) is 0 Å². The second-order valence-electron chi connectivity index (χ2n) is 2.90. The zero-order chi connectivity index (χ0) is 9.68. The monoisotopic (exact) mass is 179 g/mol. The molecule has 0 aliphatic heterocycles. The zero-order valence-corrected chi connectivity index (χ0v) is 8.08. The molecule has 1 aromatic rings. The highest BCUT2D eigenvalue weighted by molar-refractivity contribution is 5.36. The van der Waals surface area contributed by atoms with Crippen molar-refractivity contribution in [1.29, 1.82) is 0 Å². The van der Waals surface area contributed by atoms with Crippen molar-refractivity contribution in [3.63, 3.8) is 0 Å². The highest BCUT2D eigenvalue weighted by Crippen LogP contribution is 2.19. The van der Waals surface area contributed by atoms with Crippen LogP contribution in [0.15, 0.2) is 24.3 Å². The fourth-order valence-corrected chi connectivity index (χ4v) is 1.11. The third-order valence-corrected chi connectivity index (χ3v) is 1.88. The van der Waals surface area contributed by atoms with E-state index in [0.717, 1.165) is 17.2 Å². The number of hydrogen-bond donors (Lipinski definition) is 1. The standard InChI is InChI=1S/C11H15O2/c1-3-13-11-6-4-5-10(7-11)9(2)8-12/h4-7,12H,3,8H2,1-2H3. The van der Waals surface area contributed by atoms with Gasteiger partial charge in [0.1, 0.15) is 5.75 Å². The molecule has 1 rings (SSSR count). The number of hydrogen-bond acceptors (Lipinski definition) is 2. The summed E-state index contributed by atoms with van der Waals surface area (Å²) in [6.45, 7) is 4.62. The van der Waals surface area contributed by atoms with Gasteiger partial charge in [0.15, 0.2) is 0 Å². The summed E-state index contributed by atoms with van der Waals surface area (Å²) in [5.74, 6) is 1.81. The van der Waals surface area contributed by atoms with E-state index in [-0.39, 0.29) is 6.61 Å². The maximum Gasteiger partial charge on any atom is 0.119 e. The second-order valence-corrected chi connectivity index (χ2v) is 2.90. The first kappa shape index (κ1) is 10.1. The quantitative estimate of drug-likeness (QED) is 0.766. The molecule has 0 aromatic heterocycles. The first-order chi connectivity index (χ1) is 6.27. The summed E-state index contributed by atoms with van der Waals surface area (Å²) in [5.41, 5.74) is 1.04. The highest BCUT2D eigenvalue weighted by Gasteiger charge is 2.04. The van der Waals surface area contributed by atoms with Gasteiger partial charge in [-0.2, -0.15) is 0 Å². The van der Waals surface area contributed by atoms with Crippen LogP contribution in [0.5, 0.6) is 5.75 Å². The van der Waals surface area contributed by atoms with Crippen molar-refractivity contribution in [2.75, 3.05) is 13.2 Å². The first-order valence-corrected chi connectivity index (χ1v) is 4.44. The molecule has 0 atom stereocenters. The Bertz CT molecular complexity index is 258. The minimum Gasteiger partial charge on any atom is -0.494 e. The Hall–Kier alpha value is -1.02. The molecule has 0 aliphatic carbocycles. The van der Waals surface area contributed by atoms with Gasteiger partial charge in [0, 0.05) is 5.92 Å². The average Bonchev–Trinajstić information content (AvgIpc) is 2.18. The predicted molar refractivity (Wildman–Crippen MR) is 52.7 cm³/mol. The number of ether oxygens (including phenoxy) is 1. The maximum atomic E-state index is 8.93. The van der Waals surface area contributed by atoms with Crippen molar-refractivity contribution in [2.45, 2.75) is 13.8 Å². The van der Waals surface area contributed by atoms with Crippen molar-refractivity contribution in [2.24, 2.45) is 0 Å². The molecule has 1 aromatic carbocycles. The van der Waals surface area contributed by atoms with E-state index in [2.05, 4.69) is 0 Å². The Morgan fingerprint density at radius 2 is 2.23 bits per heavy atom. The summed E-state index contributed by atoms with van der Waals surface area (Å²) in [7, 11) is 0. The third-order valence-electron chi connectivity index (χ3n) is 1.88. The van der Waals surface area contributed by atoms with E-state index in [0.29, 0.717) is 6.61 Å². The molecule has 0 saturated heterocycles. The predicted octanol–water partition coefficient (Wildman–Crippen LogP) is 2.02. The van der Waals surface area contributed by atoms with Gasteiger partial charge in [0.25, 0.3) is 0 Å². The fourth-order valence-electron chi connectivity index (χ4n) is 1.11. The van der Waals surface area contributed by atoms with E-state index in [4.69, 9.17) is 9.84 Å². The van der Waals surface area contributed by atoms with Crippen LogP contribution < -0.4 is 4.74 Å². The largest absolute Gasteiger partial charge is 0.494 e. The first-order valence-electron chi connectivity index (χ1n) is 4.44. The Balaban J connectivity index is 2.78. The fraction of sp³-hybridized carbons (Fsp3) is 0.364. The minimum absolute atomic E-state index is 0.0928. The van der Waals surface area contributed by atoms with E-state index in [1.807, 2.05) is 38.1 Å². The van der Waals surface area contributed by atoms with Gasteiger partial charge in [-0.15, -0.1) is 0 Å². The Labute approximate surface area is 79.2 Å². The molecular weight excluding hydrogens is 164 g/mol. The van der Waals surface area contributed by atoms with Gasteiger partial charge >= 0.3 is 0 Å². The third kappa shape index (κ3) is 2.74. The van der Waals surface area contributed by atoms with Gasteiger partial charge < -0.3 is 9.84 Å². The molecule has 0 unspecified atom stereocenters. The molecule has 1 N–H and O–H groups in total. The smallest absolute Gasteiger partial charge is 0.119 e. The summed E-state index contributed by atoms with van der Waals surface area (Å²) in [4.78, 5) is 0. The van der Waals surface area contributed by atoms with Crippen LogP contribution in [-0.2, 0) is 0 Å². The summed E-state index contributed by atoms with van der Waals surface area (Å²) < 4.78 is 5.35. The van der Waals surface area contributed by atoms with Gasteiger partial charge in [0.05, 0.1) is 13.2 Å². The van der Waals surface area contributed by atoms with E-state index < -0.39 is 0 Å².